The third kappa shape index (κ3) is 3.14. The second kappa shape index (κ2) is 6.26. The van der Waals surface area contributed by atoms with Gasteiger partial charge in [0.2, 0.25) is 0 Å². The molecule has 0 amide bonds. The van der Waals surface area contributed by atoms with Crippen LogP contribution in [-0.2, 0) is 17.6 Å². The van der Waals surface area contributed by atoms with Gasteiger partial charge in [-0.2, -0.15) is 0 Å². The van der Waals surface area contributed by atoms with Gasteiger partial charge < -0.3 is 10.9 Å². The van der Waals surface area contributed by atoms with Gasteiger partial charge in [-0.1, -0.05) is 60.7 Å². The molecule has 2 saturated carbocycles. The molecule has 3 N–H and O–H groups in total. The highest BCUT2D eigenvalue weighted by Crippen LogP contribution is 2.59. The lowest BCUT2D eigenvalue weighted by atomic mass is 9.56. The van der Waals surface area contributed by atoms with E-state index in [1.54, 1.807) is 0 Å². The zero-order valence-corrected chi connectivity index (χ0v) is 15.0. The van der Waals surface area contributed by atoms with Crippen molar-refractivity contribution in [3.05, 3.63) is 71.8 Å². The molecule has 2 aromatic carbocycles. The molecular weight excluding hydrogens is 306 g/mol. The van der Waals surface area contributed by atoms with E-state index in [1.807, 2.05) is 0 Å². The fraction of sp³-hybridized carbons (Fsp3) is 0.478. The van der Waals surface area contributed by atoms with Gasteiger partial charge in [-0.25, -0.2) is 0 Å². The first-order valence-electron chi connectivity index (χ1n) is 9.51. The summed E-state index contributed by atoms with van der Waals surface area (Å²) in [4.78, 5) is 0. The number of ether oxygens (including phenoxy) is 1. The van der Waals surface area contributed by atoms with Gasteiger partial charge in [0.1, 0.15) is 0 Å². The number of rotatable bonds is 4. The minimum Gasteiger partial charge on any atom is -0.368 e. The summed E-state index contributed by atoms with van der Waals surface area (Å²) in [5.41, 5.74) is 3.07. The molecule has 4 fully saturated rings. The molecule has 2 heteroatoms. The Morgan fingerprint density at radius 1 is 0.680 bits per heavy atom. The summed E-state index contributed by atoms with van der Waals surface area (Å²) in [7, 11) is 0. The van der Waals surface area contributed by atoms with Crippen LogP contribution in [0.1, 0.15) is 43.2 Å². The van der Waals surface area contributed by atoms with Gasteiger partial charge in [0, 0.05) is 12.8 Å². The molecule has 0 spiro atoms. The van der Waals surface area contributed by atoms with Crippen molar-refractivity contribution in [1.29, 1.82) is 0 Å². The van der Waals surface area contributed by atoms with E-state index >= 15 is 0 Å². The molecule has 0 radical (unpaired) electrons. The van der Waals surface area contributed by atoms with Crippen molar-refractivity contribution in [2.45, 2.75) is 56.1 Å². The molecule has 2 nitrogen and oxygen atoms in total. The average molecular weight is 335 g/mol. The molecule has 4 bridgehead atoms. The lowest BCUT2D eigenvalue weighted by molar-refractivity contribution is -0.273. The third-order valence-corrected chi connectivity index (χ3v) is 6.48. The van der Waals surface area contributed by atoms with Crippen LogP contribution >= 0.6 is 0 Å². The fourth-order valence-electron chi connectivity index (χ4n) is 6.14. The van der Waals surface area contributed by atoms with E-state index < -0.39 is 0 Å². The second-order valence-electron chi connectivity index (χ2n) is 8.58. The smallest absolute Gasteiger partial charge is 0.0735 e. The van der Waals surface area contributed by atoms with E-state index in [2.05, 4.69) is 60.7 Å². The van der Waals surface area contributed by atoms with Crippen LogP contribution in [0.4, 0.5) is 0 Å². The Morgan fingerprint density at radius 3 is 1.48 bits per heavy atom. The SMILES string of the molecule is N.c1ccc(CC23CC4CC(C2)CC(Cc2ccccc2)(C4)O3)cc1. The zero-order valence-electron chi connectivity index (χ0n) is 15.0. The normalized spacial score (nSPS) is 35.4. The minimum absolute atomic E-state index is 0. The standard InChI is InChI=1S/C23H26O.H3N/c1-3-7-18(8-4-1)12-22-14-20-11-21(15-22)17-23(16-20,24-22)13-19-9-5-2-6-10-19;/h1-10,20-21H,11-17H2;1H3. The highest BCUT2D eigenvalue weighted by Gasteiger charge is 2.58. The Hall–Kier alpha value is -1.64. The minimum atomic E-state index is 0. The van der Waals surface area contributed by atoms with Crippen molar-refractivity contribution in [2.24, 2.45) is 11.8 Å². The number of hydrogen-bond acceptors (Lipinski definition) is 2. The average Bonchev–Trinajstić information content (AvgIpc) is 2.54. The van der Waals surface area contributed by atoms with Crippen LogP contribution < -0.4 is 6.15 Å². The van der Waals surface area contributed by atoms with Crippen LogP contribution in [0.5, 0.6) is 0 Å². The summed E-state index contributed by atoms with van der Waals surface area (Å²) < 4.78 is 7.01. The molecule has 132 valence electrons. The first-order valence-corrected chi connectivity index (χ1v) is 9.51. The summed E-state index contributed by atoms with van der Waals surface area (Å²) in [5, 5.41) is 0. The van der Waals surface area contributed by atoms with E-state index in [-0.39, 0.29) is 17.4 Å². The maximum Gasteiger partial charge on any atom is 0.0735 e. The van der Waals surface area contributed by atoms with Gasteiger partial charge in [0.05, 0.1) is 11.2 Å². The Balaban J connectivity index is 0.00000157. The summed E-state index contributed by atoms with van der Waals surface area (Å²) in [5.74, 6) is 1.75. The zero-order chi connectivity index (χ0) is 16.0. The van der Waals surface area contributed by atoms with E-state index in [0.717, 1.165) is 24.7 Å². The molecule has 2 saturated heterocycles. The highest BCUT2D eigenvalue weighted by atomic mass is 16.5. The second-order valence-corrected chi connectivity index (χ2v) is 8.58. The van der Waals surface area contributed by atoms with Crippen LogP contribution in [-0.4, -0.2) is 11.2 Å². The predicted octanol–water partition coefficient (Wildman–Crippen LogP) is 5.35. The van der Waals surface area contributed by atoms with Gasteiger partial charge in [-0.3, -0.25) is 0 Å². The maximum absolute atomic E-state index is 7.01. The molecule has 2 aromatic rings. The molecule has 6 rings (SSSR count). The van der Waals surface area contributed by atoms with Crippen LogP contribution in [0.3, 0.4) is 0 Å². The molecular formula is C23H29NO. The van der Waals surface area contributed by atoms with Crippen LogP contribution in [0, 0.1) is 11.8 Å². The van der Waals surface area contributed by atoms with Gasteiger partial charge in [-0.15, -0.1) is 0 Å². The van der Waals surface area contributed by atoms with Gasteiger partial charge in [-0.05, 0) is 55.1 Å². The molecule has 0 atom stereocenters. The third-order valence-electron chi connectivity index (χ3n) is 6.48. The van der Waals surface area contributed by atoms with E-state index in [4.69, 9.17) is 4.74 Å². The topological polar surface area (TPSA) is 44.2 Å². The summed E-state index contributed by atoms with van der Waals surface area (Å²) in [6, 6.07) is 22.0. The first kappa shape index (κ1) is 16.8. The van der Waals surface area contributed by atoms with E-state index in [0.29, 0.717) is 0 Å². The molecule has 0 unspecified atom stereocenters. The monoisotopic (exact) mass is 335 g/mol. The molecule has 2 aliphatic carbocycles. The van der Waals surface area contributed by atoms with Crippen molar-refractivity contribution in [2.75, 3.05) is 0 Å². The van der Waals surface area contributed by atoms with E-state index in [9.17, 15) is 0 Å². The Morgan fingerprint density at radius 2 is 1.08 bits per heavy atom. The van der Waals surface area contributed by atoms with Crippen LogP contribution in [0.15, 0.2) is 60.7 Å². The Kier molecular flexibility index (Phi) is 4.21. The van der Waals surface area contributed by atoms with Crippen LogP contribution in [0.2, 0.25) is 0 Å². The Bertz CT molecular complexity index is 638. The number of benzene rings is 2. The summed E-state index contributed by atoms with van der Waals surface area (Å²) in [6.07, 6.45) is 8.72. The van der Waals surface area contributed by atoms with Gasteiger partial charge in [0.25, 0.3) is 0 Å². The van der Waals surface area contributed by atoms with Crippen molar-refractivity contribution < 1.29 is 4.74 Å². The summed E-state index contributed by atoms with van der Waals surface area (Å²) in [6.45, 7) is 0. The van der Waals surface area contributed by atoms with Crippen LogP contribution in [0.25, 0.3) is 0 Å². The largest absolute Gasteiger partial charge is 0.368 e. The molecule has 2 aliphatic heterocycles. The first-order chi connectivity index (χ1) is 11.7. The summed E-state index contributed by atoms with van der Waals surface area (Å²) >= 11 is 0. The van der Waals surface area contributed by atoms with Crippen molar-refractivity contribution >= 4 is 0 Å². The Labute approximate surface area is 151 Å². The molecule has 0 aromatic heterocycles. The van der Waals surface area contributed by atoms with Crippen molar-refractivity contribution in [3.8, 4) is 0 Å². The molecule has 25 heavy (non-hydrogen) atoms. The van der Waals surface area contributed by atoms with Crippen molar-refractivity contribution in [3.63, 3.8) is 0 Å². The van der Waals surface area contributed by atoms with Crippen molar-refractivity contribution in [1.82, 2.24) is 6.15 Å². The quantitative estimate of drug-likeness (QED) is 0.818. The maximum atomic E-state index is 7.01. The lowest BCUT2D eigenvalue weighted by Gasteiger charge is -2.62. The predicted molar refractivity (Wildman–Crippen MR) is 102 cm³/mol. The molecule has 2 heterocycles. The lowest BCUT2D eigenvalue weighted by Crippen LogP contribution is -2.62. The van der Waals surface area contributed by atoms with E-state index in [1.165, 1.54) is 43.2 Å². The fourth-order valence-corrected chi connectivity index (χ4v) is 6.14. The highest BCUT2D eigenvalue weighted by molar-refractivity contribution is 5.23. The molecule has 4 aliphatic rings. The van der Waals surface area contributed by atoms with Gasteiger partial charge in [0.15, 0.2) is 0 Å². The van der Waals surface area contributed by atoms with Gasteiger partial charge >= 0.3 is 0 Å². The number of hydrogen-bond donors (Lipinski definition) is 1.